The number of nitrogens with one attached hydrogen (secondary N) is 2. The van der Waals surface area contributed by atoms with Gasteiger partial charge in [-0.05, 0) is 26.0 Å². The van der Waals surface area contributed by atoms with Gasteiger partial charge < -0.3 is 5.73 Å². The van der Waals surface area contributed by atoms with E-state index in [1.54, 1.807) is 17.4 Å². The van der Waals surface area contributed by atoms with E-state index in [0.29, 0.717) is 5.69 Å². The van der Waals surface area contributed by atoms with Gasteiger partial charge in [-0.1, -0.05) is 12.1 Å². The van der Waals surface area contributed by atoms with E-state index in [9.17, 15) is 0 Å². The minimum absolute atomic E-state index is 0.152. The smallest absolute Gasteiger partial charge is 0.201 e. The maximum Gasteiger partial charge on any atom is 0.201 e. The van der Waals surface area contributed by atoms with E-state index in [2.05, 4.69) is 15.5 Å². The zero-order valence-corrected chi connectivity index (χ0v) is 12.5. The van der Waals surface area contributed by atoms with Crippen molar-refractivity contribution in [3.8, 4) is 16.6 Å². The van der Waals surface area contributed by atoms with Crippen molar-refractivity contribution < 1.29 is 0 Å². The summed E-state index contributed by atoms with van der Waals surface area (Å²) in [6.07, 6.45) is 0. The molecule has 1 aromatic carbocycles. The van der Waals surface area contributed by atoms with E-state index in [-0.39, 0.29) is 11.5 Å². The van der Waals surface area contributed by atoms with Crippen molar-refractivity contribution in [3.63, 3.8) is 0 Å². The number of aromatic nitrogens is 1. The summed E-state index contributed by atoms with van der Waals surface area (Å²) in [4.78, 5) is 5.69. The zero-order valence-electron chi connectivity index (χ0n) is 11.6. The number of nitrogens with two attached hydrogens (primary N) is 1. The standard InChI is InChI=1S/C14H14N6S/c1-8-9(2)21-14(18-8)10-4-3-5-11(6-10)19-20-12(7-15)13(16)17/h3-6,19H,1-2H3,(H3,16,17)/b20-12+. The van der Waals surface area contributed by atoms with Crippen molar-refractivity contribution in [2.75, 3.05) is 5.43 Å². The van der Waals surface area contributed by atoms with Gasteiger partial charge in [-0.3, -0.25) is 10.8 Å². The van der Waals surface area contributed by atoms with E-state index in [0.717, 1.165) is 16.3 Å². The summed E-state index contributed by atoms with van der Waals surface area (Å²) in [6, 6.07) is 9.29. The second-order valence-electron chi connectivity index (χ2n) is 4.34. The first-order valence-electron chi connectivity index (χ1n) is 6.14. The van der Waals surface area contributed by atoms with Crippen LogP contribution in [0.4, 0.5) is 5.69 Å². The van der Waals surface area contributed by atoms with Crippen molar-refractivity contribution in [1.29, 1.82) is 10.7 Å². The van der Waals surface area contributed by atoms with Crippen molar-refractivity contribution in [2.45, 2.75) is 13.8 Å². The van der Waals surface area contributed by atoms with Gasteiger partial charge in [-0.25, -0.2) is 4.98 Å². The average Bonchev–Trinajstić information content (AvgIpc) is 2.79. The number of nitrogens with zero attached hydrogens (tertiary/aromatic N) is 3. The van der Waals surface area contributed by atoms with Crippen molar-refractivity contribution in [1.82, 2.24) is 4.98 Å². The topological polar surface area (TPSA) is 111 Å². The fourth-order valence-corrected chi connectivity index (χ4v) is 2.49. The molecule has 0 aliphatic heterocycles. The van der Waals surface area contributed by atoms with Crippen LogP contribution in [0.3, 0.4) is 0 Å². The van der Waals surface area contributed by atoms with Crippen LogP contribution in [0.25, 0.3) is 10.6 Å². The summed E-state index contributed by atoms with van der Waals surface area (Å²) >= 11 is 1.63. The third kappa shape index (κ3) is 3.43. The van der Waals surface area contributed by atoms with Crippen LogP contribution in [0, 0.1) is 30.6 Å². The van der Waals surface area contributed by atoms with Gasteiger partial charge in [0, 0.05) is 10.4 Å². The molecule has 0 aliphatic rings. The summed E-state index contributed by atoms with van der Waals surface area (Å²) in [5.41, 5.74) is 10.5. The first-order chi connectivity index (χ1) is 10.0. The second kappa shape index (κ2) is 6.15. The molecule has 4 N–H and O–H groups in total. The lowest BCUT2D eigenvalue weighted by molar-refractivity contribution is 1.23. The number of rotatable bonds is 4. The third-order valence-electron chi connectivity index (χ3n) is 2.80. The van der Waals surface area contributed by atoms with E-state index < -0.39 is 0 Å². The Hall–Kier alpha value is -2.72. The van der Waals surface area contributed by atoms with Crippen molar-refractivity contribution in [2.24, 2.45) is 10.8 Å². The molecule has 0 radical (unpaired) electrons. The number of hydrazone groups is 1. The lowest BCUT2D eigenvalue weighted by Crippen LogP contribution is -2.21. The van der Waals surface area contributed by atoms with Crippen LogP contribution < -0.4 is 11.2 Å². The van der Waals surface area contributed by atoms with Crippen LogP contribution in [0.2, 0.25) is 0 Å². The van der Waals surface area contributed by atoms with Gasteiger partial charge in [0.05, 0.1) is 11.4 Å². The number of benzene rings is 1. The number of hydrogen-bond acceptors (Lipinski definition) is 6. The minimum Gasteiger partial charge on any atom is -0.382 e. The first-order valence-corrected chi connectivity index (χ1v) is 6.95. The molecule has 0 bridgehead atoms. The molecule has 21 heavy (non-hydrogen) atoms. The molecule has 2 rings (SSSR count). The van der Waals surface area contributed by atoms with Crippen LogP contribution in [-0.4, -0.2) is 16.5 Å². The fraction of sp³-hybridized carbons (Fsp3) is 0.143. The zero-order chi connectivity index (χ0) is 15.4. The van der Waals surface area contributed by atoms with Gasteiger partial charge in [-0.2, -0.15) is 10.4 Å². The lowest BCUT2D eigenvalue weighted by Gasteiger charge is -2.03. The molecule has 6 nitrogen and oxygen atoms in total. The van der Waals surface area contributed by atoms with E-state index in [1.165, 1.54) is 4.88 Å². The van der Waals surface area contributed by atoms with Gasteiger partial charge in [0.1, 0.15) is 11.1 Å². The molecule has 0 atom stereocenters. The molecule has 0 unspecified atom stereocenters. The largest absolute Gasteiger partial charge is 0.382 e. The molecule has 1 heterocycles. The highest BCUT2D eigenvalue weighted by atomic mass is 32.1. The Kier molecular flexibility index (Phi) is 4.30. The van der Waals surface area contributed by atoms with Crippen molar-refractivity contribution >= 4 is 28.6 Å². The summed E-state index contributed by atoms with van der Waals surface area (Å²) in [6.45, 7) is 4.02. The third-order valence-corrected chi connectivity index (χ3v) is 3.92. The fourth-order valence-electron chi connectivity index (χ4n) is 1.58. The Bertz CT molecular complexity index is 734. The Balaban J connectivity index is 2.26. The van der Waals surface area contributed by atoms with Gasteiger partial charge in [0.15, 0.2) is 5.84 Å². The molecule has 7 heteroatoms. The van der Waals surface area contributed by atoms with Gasteiger partial charge in [0.2, 0.25) is 5.71 Å². The molecule has 1 aromatic heterocycles. The minimum atomic E-state index is -0.368. The van der Waals surface area contributed by atoms with Crippen LogP contribution in [0.15, 0.2) is 29.4 Å². The Labute approximate surface area is 126 Å². The van der Waals surface area contributed by atoms with Gasteiger partial charge in [0.25, 0.3) is 0 Å². The monoisotopic (exact) mass is 298 g/mol. The number of thiazole rings is 1. The number of amidine groups is 1. The Morgan fingerprint density at radius 2 is 2.24 bits per heavy atom. The average molecular weight is 298 g/mol. The maximum atomic E-state index is 8.79. The molecule has 0 fully saturated rings. The van der Waals surface area contributed by atoms with E-state index in [1.807, 2.05) is 38.1 Å². The Morgan fingerprint density at radius 1 is 1.48 bits per heavy atom. The summed E-state index contributed by atoms with van der Waals surface area (Å²) in [5, 5.41) is 20.7. The number of hydrogen-bond donors (Lipinski definition) is 3. The summed E-state index contributed by atoms with van der Waals surface area (Å²) < 4.78 is 0. The second-order valence-corrected chi connectivity index (χ2v) is 5.54. The quantitative estimate of drug-likeness (QED) is 0.457. The molecule has 106 valence electrons. The van der Waals surface area contributed by atoms with E-state index in [4.69, 9.17) is 16.4 Å². The van der Waals surface area contributed by atoms with Crippen molar-refractivity contribution in [3.05, 3.63) is 34.8 Å². The highest BCUT2D eigenvalue weighted by Gasteiger charge is 2.07. The highest BCUT2D eigenvalue weighted by molar-refractivity contribution is 7.15. The van der Waals surface area contributed by atoms with Gasteiger partial charge >= 0.3 is 0 Å². The van der Waals surface area contributed by atoms with Crippen LogP contribution >= 0.6 is 11.3 Å². The molecule has 0 amide bonds. The Morgan fingerprint density at radius 3 is 2.81 bits per heavy atom. The SMILES string of the molecule is Cc1nc(-c2cccc(N/N=C(\C#N)C(=N)N)c2)sc1C. The molecule has 0 saturated carbocycles. The molecular formula is C14H14N6S. The van der Waals surface area contributed by atoms with Crippen LogP contribution in [0.5, 0.6) is 0 Å². The summed E-state index contributed by atoms with van der Waals surface area (Å²) in [7, 11) is 0. The molecule has 0 saturated heterocycles. The molecule has 0 aliphatic carbocycles. The van der Waals surface area contributed by atoms with E-state index >= 15 is 0 Å². The first kappa shape index (κ1) is 14.7. The maximum absolute atomic E-state index is 8.79. The molecule has 2 aromatic rings. The predicted molar refractivity (Wildman–Crippen MR) is 85.6 cm³/mol. The van der Waals surface area contributed by atoms with Crippen LogP contribution in [0.1, 0.15) is 10.6 Å². The highest BCUT2D eigenvalue weighted by Crippen LogP contribution is 2.28. The predicted octanol–water partition coefficient (Wildman–Crippen LogP) is 2.65. The normalized spacial score (nSPS) is 11.0. The molecule has 0 spiro atoms. The number of anilines is 1. The molecular weight excluding hydrogens is 284 g/mol. The number of nitriles is 1. The number of aryl methyl sites for hydroxylation is 2. The van der Waals surface area contributed by atoms with Crippen LogP contribution in [-0.2, 0) is 0 Å². The lowest BCUT2D eigenvalue weighted by atomic mass is 10.2. The summed E-state index contributed by atoms with van der Waals surface area (Å²) in [5.74, 6) is -0.368. The van der Waals surface area contributed by atoms with Gasteiger partial charge in [-0.15, -0.1) is 11.3 Å².